The van der Waals surface area contributed by atoms with Crippen molar-refractivity contribution in [2.45, 2.75) is 0 Å². The van der Waals surface area contributed by atoms with Crippen LogP contribution in [0.25, 0.3) is 11.3 Å². The number of aromatic amines is 1. The van der Waals surface area contributed by atoms with Gasteiger partial charge in [-0.05, 0) is 17.7 Å². The van der Waals surface area contributed by atoms with Gasteiger partial charge < -0.3 is 9.72 Å². The van der Waals surface area contributed by atoms with Crippen molar-refractivity contribution in [3.05, 3.63) is 70.9 Å². The first kappa shape index (κ1) is 14.0. The van der Waals surface area contributed by atoms with Crippen molar-refractivity contribution >= 4 is 12.2 Å². The van der Waals surface area contributed by atoms with Gasteiger partial charge >= 0.3 is 6.01 Å². The number of hydrogen-bond donors (Lipinski definition) is 1. The van der Waals surface area contributed by atoms with E-state index in [4.69, 9.17) is 17.0 Å². The smallest absolute Gasteiger partial charge is 0.301 e. The largest absolute Gasteiger partial charge is 0.426 e. The molecule has 22 heavy (non-hydrogen) atoms. The normalized spacial score (nSPS) is 9.95. The summed E-state index contributed by atoms with van der Waals surface area (Å²) in [7, 11) is 0. The molecule has 0 amide bonds. The van der Waals surface area contributed by atoms with E-state index in [9.17, 15) is 5.26 Å². The highest BCUT2D eigenvalue weighted by molar-refractivity contribution is 7.71. The van der Waals surface area contributed by atoms with Gasteiger partial charge in [-0.3, -0.25) is 0 Å². The molecule has 3 aromatic rings. The molecule has 5 heteroatoms. The maximum Gasteiger partial charge on any atom is 0.301 e. The van der Waals surface area contributed by atoms with E-state index in [0.29, 0.717) is 17.0 Å². The summed E-state index contributed by atoms with van der Waals surface area (Å²) in [6.45, 7) is 0. The van der Waals surface area contributed by atoms with E-state index in [1.54, 1.807) is 0 Å². The number of para-hydroxylation sites is 1. The summed E-state index contributed by atoms with van der Waals surface area (Å²) in [6, 6.07) is 21.1. The van der Waals surface area contributed by atoms with Crippen LogP contribution in [0.2, 0.25) is 0 Å². The van der Waals surface area contributed by atoms with Gasteiger partial charge in [0.15, 0.2) is 4.64 Å². The zero-order valence-corrected chi connectivity index (χ0v) is 12.3. The van der Waals surface area contributed by atoms with Crippen LogP contribution in [0.1, 0.15) is 5.56 Å². The lowest BCUT2D eigenvalue weighted by atomic mass is 10.1. The van der Waals surface area contributed by atoms with Crippen molar-refractivity contribution < 1.29 is 4.74 Å². The third-order valence-electron chi connectivity index (χ3n) is 3.03. The molecular weight excluding hydrogens is 294 g/mol. The molecule has 0 atom stereocenters. The fourth-order valence-electron chi connectivity index (χ4n) is 2.03. The predicted molar refractivity (Wildman–Crippen MR) is 86.1 cm³/mol. The Kier molecular flexibility index (Phi) is 3.95. The van der Waals surface area contributed by atoms with Crippen molar-refractivity contribution in [2.75, 3.05) is 0 Å². The number of nitrogens with zero attached hydrogens (tertiary/aromatic N) is 2. The van der Waals surface area contributed by atoms with Gasteiger partial charge in [-0.1, -0.05) is 60.7 Å². The van der Waals surface area contributed by atoms with Crippen LogP contribution in [0.4, 0.5) is 0 Å². The molecule has 0 radical (unpaired) electrons. The molecule has 0 spiro atoms. The average Bonchev–Trinajstić information content (AvgIpc) is 2.56. The van der Waals surface area contributed by atoms with Gasteiger partial charge in [0.1, 0.15) is 17.4 Å². The lowest BCUT2D eigenvalue weighted by Crippen LogP contribution is -1.98. The van der Waals surface area contributed by atoms with Crippen LogP contribution in [0.5, 0.6) is 11.8 Å². The summed E-state index contributed by atoms with van der Waals surface area (Å²) >= 11 is 5.21. The van der Waals surface area contributed by atoms with Gasteiger partial charge in [0.05, 0.1) is 5.69 Å². The third kappa shape index (κ3) is 2.87. The molecule has 0 unspecified atom stereocenters. The number of rotatable bonds is 3. The molecule has 1 N–H and O–H groups in total. The van der Waals surface area contributed by atoms with E-state index in [1.165, 1.54) is 0 Å². The number of nitrogens with one attached hydrogen (secondary N) is 1. The third-order valence-corrected chi connectivity index (χ3v) is 3.33. The Morgan fingerprint density at radius 2 is 1.64 bits per heavy atom. The van der Waals surface area contributed by atoms with E-state index in [2.05, 4.69) is 16.0 Å². The number of ether oxygens (including phenoxy) is 1. The molecule has 3 rings (SSSR count). The maximum absolute atomic E-state index is 9.32. The van der Waals surface area contributed by atoms with E-state index in [-0.39, 0.29) is 10.7 Å². The molecule has 0 saturated carbocycles. The molecule has 1 heterocycles. The molecule has 0 aliphatic heterocycles. The number of hydrogen-bond acceptors (Lipinski definition) is 4. The lowest BCUT2D eigenvalue weighted by Gasteiger charge is -2.09. The number of benzene rings is 2. The van der Waals surface area contributed by atoms with Crippen LogP contribution in [0.15, 0.2) is 60.7 Å². The molecule has 0 saturated heterocycles. The summed E-state index contributed by atoms with van der Waals surface area (Å²) in [6.07, 6.45) is 0. The Morgan fingerprint density at radius 1 is 1.00 bits per heavy atom. The monoisotopic (exact) mass is 305 g/mol. The molecule has 0 aliphatic carbocycles. The Bertz CT molecular complexity index is 883. The van der Waals surface area contributed by atoms with Crippen LogP contribution in [0.3, 0.4) is 0 Å². The van der Waals surface area contributed by atoms with Crippen LogP contribution >= 0.6 is 12.2 Å². The topological polar surface area (TPSA) is 61.7 Å². The Balaban J connectivity index is 2.10. The Hall–Kier alpha value is -2.97. The van der Waals surface area contributed by atoms with Crippen LogP contribution in [0, 0.1) is 16.0 Å². The van der Waals surface area contributed by atoms with Gasteiger partial charge in [0, 0.05) is 0 Å². The fraction of sp³-hybridized carbons (Fsp3) is 0. The summed E-state index contributed by atoms with van der Waals surface area (Å²) in [5.74, 6) is 0.643. The number of aromatic nitrogens is 2. The van der Waals surface area contributed by atoms with E-state index >= 15 is 0 Å². The van der Waals surface area contributed by atoms with Crippen LogP contribution in [-0.2, 0) is 0 Å². The summed E-state index contributed by atoms with van der Waals surface area (Å²) in [5, 5.41) is 9.32. The van der Waals surface area contributed by atoms with E-state index in [0.717, 1.165) is 5.56 Å². The number of nitriles is 1. The minimum Gasteiger partial charge on any atom is -0.426 e. The first-order chi connectivity index (χ1) is 10.8. The molecular formula is C17H11N3OS. The first-order valence-electron chi connectivity index (χ1n) is 6.60. The summed E-state index contributed by atoms with van der Waals surface area (Å²) in [5.41, 5.74) is 1.79. The highest BCUT2D eigenvalue weighted by atomic mass is 32.1. The summed E-state index contributed by atoms with van der Waals surface area (Å²) in [4.78, 5) is 7.19. The van der Waals surface area contributed by atoms with Crippen molar-refractivity contribution in [1.29, 1.82) is 5.26 Å². The SMILES string of the molecule is N#Cc1c(-c2ccccc2)[nH]c(Oc2ccccc2)nc1=S. The van der Waals surface area contributed by atoms with Gasteiger partial charge in [-0.15, -0.1) is 0 Å². The van der Waals surface area contributed by atoms with Crippen molar-refractivity contribution in [3.8, 4) is 29.1 Å². The molecule has 2 aromatic carbocycles. The lowest BCUT2D eigenvalue weighted by molar-refractivity contribution is 0.441. The maximum atomic E-state index is 9.32. The minimum absolute atomic E-state index is 0.214. The van der Waals surface area contributed by atoms with Crippen molar-refractivity contribution in [2.24, 2.45) is 0 Å². The van der Waals surface area contributed by atoms with Crippen molar-refractivity contribution in [3.63, 3.8) is 0 Å². The molecule has 1 aromatic heterocycles. The second-order valence-electron chi connectivity index (χ2n) is 4.49. The average molecular weight is 305 g/mol. The highest BCUT2D eigenvalue weighted by Crippen LogP contribution is 2.25. The van der Waals surface area contributed by atoms with Crippen LogP contribution < -0.4 is 4.74 Å². The first-order valence-corrected chi connectivity index (χ1v) is 7.01. The predicted octanol–water partition coefficient (Wildman–Crippen LogP) is 4.47. The molecule has 0 bridgehead atoms. The van der Waals surface area contributed by atoms with Gasteiger partial charge in [-0.25, -0.2) is 0 Å². The van der Waals surface area contributed by atoms with E-state index < -0.39 is 0 Å². The van der Waals surface area contributed by atoms with Crippen molar-refractivity contribution in [1.82, 2.24) is 9.97 Å². The molecule has 0 fully saturated rings. The Morgan fingerprint density at radius 3 is 2.27 bits per heavy atom. The molecule has 106 valence electrons. The zero-order valence-electron chi connectivity index (χ0n) is 11.5. The highest BCUT2D eigenvalue weighted by Gasteiger charge is 2.11. The van der Waals surface area contributed by atoms with Gasteiger partial charge in [0.25, 0.3) is 0 Å². The zero-order chi connectivity index (χ0) is 15.4. The van der Waals surface area contributed by atoms with Gasteiger partial charge in [-0.2, -0.15) is 10.2 Å². The molecule has 4 nitrogen and oxygen atoms in total. The standard InChI is InChI=1S/C17H11N3OS/c18-11-14-15(12-7-3-1-4-8-12)19-17(20-16(14)22)21-13-9-5-2-6-10-13/h1-10H,(H,19,20,22). The second-order valence-corrected chi connectivity index (χ2v) is 4.88. The fourth-order valence-corrected chi connectivity index (χ4v) is 2.26. The quantitative estimate of drug-likeness (QED) is 0.725. The van der Waals surface area contributed by atoms with Crippen LogP contribution in [-0.4, -0.2) is 9.97 Å². The van der Waals surface area contributed by atoms with E-state index in [1.807, 2.05) is 60.7 Å². The summed E-state index contributed by atoms with van der Waals surface area (Å²) < 4.78 is 5.89. The number of H-pyrrole nitrogens is 1. The van der Waals surface area contributed by atoms with Gasteiger partial charge in [0.2, 0.25) is 0 Å². The Labute approximate surface area is 132 Å². The molecule has 0 aliphatic rings. The minimum atomic E-state index is 0.214. The second kappa shape index (κ2) is 6.20.